The van der Waals surface area contributed by atoms with Gasteiger partial charge in [0.1, 0.15) is 6.61 Å². The largest absolute Gasteiger partial charge is 0.463 e. The van der Waals surface area contributed by atoms with Crippen molar-refractivity contribution in [2.24, 2.45) is 11.8 Å². The van der Waals surface area contributed by atoms with E-state index in [0.717, 1.165) is 31.1 Å². The Kier molecular flexibility index (Phi) is 9.03. The molecular formula is C20H36O3. The van der Waals surface area contributed by atoms with Crippen molar-refractivity contribution in [1.29, 1.82) is 0 Å². The van der Waals surface area contributed by atoms with Gasteiger partial charge in [0.05, 0.1) is 12.7 Å². The van der Waals surface area contributed by atoms with Crippen molar-refractivity contribution in [3.05, 3.63) is 0 Å². The van der Waals surface area contributed by atoms with Gasteiger partial charge in [0.15, 0.2) is 0 Å². The molecule has 134 valence electrons. The number of carbonyl (C=O) groups is 1. The molecule has 2 rings (SSSR count). The van der Waals surface area contributed by atoms with Gasteiger partial charge in [0, 0.05) is 6.42 Å². The molecule has 0 bridgehead atoms. The minimum Gasteiger partial charge on any atom is -0.463 e. The fourth-order valence-corrected chi connectivity index (χ4v) is 4.29. The van der Waals surface area contributed by atoms with Gasteiger partial charge in [0.25, 0.3) is 0 Å². The fourth-order valence-electron chi connectivity index (χ4n) is 4.29. The van der Waals surface area contributed by atoms with E-state index in [0.29, 0.717) is 25.7 Å². The highest BCUT2D eigenvalue weighted by molar-refractivity contribution is 5.69. The first-order valence-corrected chi connectivity index (χ1v) is 10.1. The van der Waals surface area contributed by atoms with Crippen molar-refractivity contribution < 1.29 is 14.3 Å². The van der Waals surface area contributed by atoms with E-state index >= 15 is 0 Å². The predicted octanol–water partition coefficient (Wildman–Crippen LogP) is 5.27. The Bertz CT molecular complexity index is 315. The van der Waals surface area contributed by atoms with Crippen molar-refractivity contribution in [3.63, 3.8) is 0 Å². The summed E-state index contributed by atoms with van der Waals surface area (Å²) in [6, 6.07) is 0. The lowest BCUT2D eigenvalue weighted by Gasteiger charge is -2.35. The minimum atomic E-state index is -0.0666. The zero-order chi connectivity index (χ0) is 16.3. The molecule has 2 fully saturated rings. The number of unbranched alkanes of at least 4 members (excludes halogenated alkanes) is 2. The lowest BCUT2D eigenvalue weighted by Crippen LogP contribution is -2.28. The van der Waals surface area contributed by atoms with E-state index in [9.17, 15) is 4.79 Å². The summed E-state index contributed by atoms with van der Waals surface area (Å²) in [7, 11) is 0. The molecule has 23 heavy (non-hydrogen) atoms. The molecule has 0 spiro atoms. The van der Waals surface area contributed by atoms with Crippen LogP contribution in [0.5, 0.6) is 0 Å². The Hall–Kier alpha value is -0.570. The molecule has 3 nitrogen and oxygen atoms in total. The fraction of sp³-hybridized carbons (Fsp3) is 0.950. The Balaban J connectivity index is 1.49. The van der Waals surface area contributed by atoms with Gasteiger partial charge < -0.3 is 9.47 Å². The van der Waals surface area contributed by atoms with Crippen LogP contribution in [0.3, 0.4) is 0 Å². The molecule has 0 atom stereocenters. The van der Waals surface area contributed by atoms with Crippen LogP contribution in [0.15, 0.2) is 0 Å². The van der Waals surface area contributed by atoms with E-state index in [1.807, 2.05) is 0 Å². The molecule has 0 aromatic heterocycles. The average Bonchev–Trinajstić information content (AvgIpc) is 2.60. The standard InChI is InChI=1S/C20H36O3/c1-2-3-5-10-20(21)23-16-15-22-19-13-11-18(12-14-19)17-8-6-4-7-9-17/h17-19H,2-16H2,1H3. The van der Waals surface area contributed by atoms with E-state index in [1.54, 1.807) is 0 Å². The maximum Gasteiger partial charge on any atom is 0.305 e. The Morgan fingerprint density at radius 2 is 1.57 bits per heavy atom. The summed E-state index contributed by atoms with van der Waals surface area (Å²) in [6.45, 7) is 3.13. The normalized spacial score (nSPS) is 26.1. The zero-order valence-electron chi connectivity index (χ0n) is 15.1. The Morgan fingerprint density at radius 3 is 2.26 bits per heavy atom. The monoisotopic (exact) mass is 324 g/mol. The number of ether oxygens (including phenoxy) is 2. The lowest BCUT2D eigenvalue weighted by atomic mass is 9.73. The predicted molar refractivity (Wildman–Crippen MR) is 93.4 cm³/mol. The summed E-state index contributed by atoms with van der Waals surface area (Å²) in [6.07, 6.45) is 16.5. The van der Waals surface area contributed by atoms with E-state index in [4.69, 9.17) is 9.47 Å². The first-order chi connectivity index (χ1) is 11.3. The summed E-state index contributed by atoms with van der Waals surface area (Å²) in [5, 5.41) is 0. The van der Waals surface area contributed by atoms with Crippen LogP contribution in [0.4, 0.5) is 0 Å². The number of rotatable bonds is 9. The molecule has 0 N–H and O–H groups in total. The Morgan fingerprint density at radius 1 is 0.870 bits per heavy atom. The maximum absolute atomic E-state index is 11.5. The molecule has 0 aromatic carbocycles. The number of hydrogen-bond donors (Lipinski definition) is 0. The van der Waals surface area contributed by atoms with Crippen LogP contribution >= 0.6 is 0 Å². The molecule has 2 aliphatic carbocycles. The molecule has 2 aliphatic rings. The molecule has 0 aliphatic heterocycles. The molecule has 0 saturated heterocycles. The van der Waals surface area contributed by atoms with E-state index < -0.39 is 0 Å². The van der Waals surface area contributed by atoms with E-state index in [1.165, 1.54) is 57.8 Å². The SMILES string of the molecule is CCCCCC(=O)OCCOC1CCC(C2CCCCC2)CC1. The number of carbonyl (C=O) groups excluding carboxylic acids is 1. The second-order valence-corrected chi connectivity index (χ2v) is 7.48. The third kappa shape index (κ3) is 7.24. The summed E-state index contributed by atoms with van der Waals surface area (Å²) < 4.78 is 11.1. The van der Waals surface area contributed by atoms with Crippen molar-refractivity contribution >= 4 is 5.97 Å². The highest BCUT2D eigenvalue weighted by Crippen LogP contribution is 2.38. The number of hydrogen-bond acceptors (Lipinski definition) is 3. The van der Waals surface area contributed by atoms with Crippen LogP contribution in [-0.4, -0.2) is 25.3 Å². The highest BCUT2D eigenvalue weighted by atomic mass is 16.6. The third-order valence-corrected chi connectivity index (χ3v) is 5.72. The van der Waals surface area contributed by atoms with Gasteiger partial charge >= 0.3 is 5.97 Å². The number of esters is 1. The van der Waals surface area contributed by atoms with Crippen molar-refractivity contribution in [3.8, 4) is 0 Å². The zero-order valence-corrected chi connectivity index (χ0v) is 15.1. The molecule has 0 amide bonds. The maximum atomic E-state index is 11.5. The van der Waals surface area contributed by atoms with Crippen LogP contribution in [0.25, 0.3) is 0 Å². The second-order valence-electron chi connectivity index (χ2n) is 7.48. The van der Waals surface area contributed by atoms with Crippen LogP contribution in [-0.2, 0) is 14.3 Å². The van der Waals surface area contributed by atoms with Gasteiger partial charge in [-0.25, -0.2) is 0 Å². The highest BCUT2D eigenvalue weighted by Gasteiger charge is 2.28. The quantitative estimate of drug-likeness (QED) is 0.428. The molecule has 0 aromatic rings. The van der Waals surface area contributed by atoms with E-state index in [-0.39, 0.29) is 5.97 Å². The first-order valence-electron chi connectivity index (χ1n) is 10.1. The van der Waals surface area contributed by atoms with Gasteiger partial charge in [-0.2, -0.15) is 0 Å². The molecule has 2 saturated carbocycles. The Labute approximate surface area is 142 Å². The molecule has 0 radical (unpaired) electrons. The van der Waals surface area contributed by atoms with Crippen molar-refractivity contribution in [2.45, 2.75) is 96.5 Å². The third-order valence-electron chi connectivity index (χ3n) is 5.72. The second kappa shape index (κ2) is 11.1. The van der Waals surface area contributed by atoms with Crippen molar-refractivity contribution in [1.82, 2.24) is 0 Å². The van der Waals surface area contributed by atoms with Crippen LogP contribution in [0.1, 0.15) is 90.4 Å². The molecule has 0 unspecified atom stereocenters. The molecular weight excluding hydrogens is 288 g/mol. The van der Waals surface area contributed by atoms with Crippen LogP contribution < -0.4 is 0 Å². The minimum absolute atomic E-state index is 0.0666. The summed E-state index contributed by atoms with van der Waals surface area (Å²) in [5.74, 6) is 1.88. The van der Waals surface area contributed by atoms with Crippen LogP contribution in [0, 0.1) is 11.8 Å². The van der Waals surface area contributed by atoms with Gasteiger partial charge in [-0.05, 0) is 43.9 Å². The summed E-state index contributed by atoms with van der Waals surface area (Å²) in [5.41, 5.74) is 0. The van der Waals surface area contributed by atoms with Gasteiger partial charge in [-0.1, -0.05) is 51.9 Å². The van der Waals surface area contributed by atoms with E-state index in [2.05, 4.69) is 6.92 Å². The molecule has 3 heteroatoms. The first kappa shape index (κ1) is 18.8. The smallest absolute Gasteiger partial charge is 0.305 e. The summed E-state index contributed by atoms with van der Waals surface area (Å²) >= 11 is 0. The summed E-state index contributed by atoms with van der Waals surface area (Å²) in [4.78, 5) is 11.5. The van der Waals surface area contributed by atoms with Gasteiger partial charge in [0.2, 0.25) is 0 Å². The van der Waals surface area contributed by atoms with Gasteiger partial charge in [-0.15, -0.1) is 0 Å². The lowest BCUT2D eigenvalue weighted by molar-refractivity contribution is -0.146. The molecule has 0 heterocycles. The van der Waals surface area contributed by atoms with Gasteiger partial charge in [-0.3, -0.25) is 4.79 Å². The average molecular weight is 325 g/mol. The topological polar surface area (TPSA) is 35.5 Å². The van der Waals surface area contributed by atoms with Crippen molar-refractivity contribution in [2.75, 3.05) is 13.2 Å². The van der Waals surface area contributed by atoms with Crippen LogP contribution in [0.2, 0.25) is 0 Å².